The molecule has 5 heteroatoms. The lowest BCUT2D eigenvalue weighted by molar-refractivity contribution is -0.121. The van der Waals surface area contributed by atoms with Crippen molar-refractivity contribution in [3.05, 3.63) is 29.3 Å². The molecular weight excluding hydrogens is 228 g/mol. The molecule has 0 aliphatic heterocycles. The van der Waals surface area contributed by atoms with Crippen LogP contribution in [0.3, 0.4) is 0 Å². The molecule has 1 rings (SSSR count). The van der Waals surface area contributed by atoms with Gasteiger partial charge in [0.05, 0.1) is 11.8 Å². The maximum atomic E-state index is 13.4. The predicted molar refractivity (Wildman–Crippen MR) is 60.8 cm³/mol. The molecule has 1 N–H and O–H groups in total. The molecule has 0 aliphatic carbocycles. The monoisotopic (exact) mass is 243 g/mol. The normalized spacial score (nSPS) is 10.7. The molecule has 0 aliphatic rings. The molecule has 0 heterocycles. The number of rotatable bonds is 4. The lowest BCUT2D eigenvalue weighted by atomic mass is 10.2. The molecule has 0 radical (unpaired) electrons. The molecule has 1 aromatic carbocycles. The number of carbonyl (C=O) groups excluding carboxylic acids is 1. The van der Waals surface area contributed by atoms with Crippen LogP contribution in [0.5, 0.6) is 0 Å². The number of amides is 1. The zero-order valence-electron chi connectivity index (χ0n) is 10.0. The van der Waals surface area contributed by atoms with Gasteiger partial charge in [-0.1, -0.05) is 0 Å². The first-order valence-corrected chi connectivity index (χ1v) is 5.27. The van der Waals surface area contributed by atoms with Crippen molar-refractivity contribution < 1.29 is 18.3 Å². The summed E-state index contributed by atoms with van der Waals surface area (Å²) in [7, 11) is 0. The summed E-state index contributed by atoms with van der Waals surface area (Å²) in [5, 5.41) is 2.25. The Labute approximate surface area is 98.8 Å². The Bertz CT molecular complexity index is 419. The fourth-order valence-corrected chi connectivity index (χ4v) is 1.17. The van der Waals surface area contributed by atoms with E-state index in [9.17, 15) is 13.6 Å². The van der Waals surface area contributed by atoms with E-state index in [1.165, 1.54) is 6.92 Å². The van der Waals surface area contributed by atoms with Crippen molar-refractivity contribution in [2.24, 2.45) is 0 Å². The minimum absolute atomic E-state index is 0.0969. The van der Waals surface area contributed by atoms with Crippen LogP contribution in [-0.2, 0) is 9.53 Å². The van der Waals surface area contributed by atoms with E-state index in [4.69, 9.17) is 4.74 Å². The Balaban J connectivity index is 2.68. The van der Waals surface area contributed by atoms with Crippen molar-refractivity contribution in [1.29, 1.82) is 0 Å². The Kier molecular flexibility index (Phi) is 4.57. The molecule has 0 bridgehead atoms. The third kappa shape index (κ3) is 4.11. The maximum Gasteiger partial charge on any atom is 0.250 e. The lowest BCUT2D eigenvalue weighted by Crippen LogP contribution is -2.21. The third-order valence-corrected chi connectivity index (χ3v) is 2.07. The average molecular weight is 243 g/mol. The highest BCUT2D eigenvalue weighted by Crippen LogP contribution is 2.18. The van der Waals surface area contributed by atoms with E-state index in [1.54, 1.807) is 13.8 Å². The van der Waals surface area contributed by atoms with Crippen LogP contribution in [0.25, 0.3) is 0 Å². The molecule has 0 unspecified atom stereocenters. The van der Waals surface area contributed by atoms with Crippen molar-refractivity contribution in [1.82, 2.24) is 0 Å². The SMILES string of the molecule is Cc1cc(F)c(NC(=O)COC(C)C)cc1F. The molecule has 0 saturated carbocycles. The molecule has 1 aromatic rings. The number of aryl methyl sites for hydroxylation is 1. The average Bonchev–Trinajstić information content (AvgIpc) is 2.23. The van der Waals surface area contributed by atoms with Crippen molar-refractivity contribution in [3.63, 3.8) is 0 Å². The van der Waals surface area contributed by atoms with Crippen molar-refractivity contribution in [2.75, 3.05) is 11.9 Å². The smallest absolute Gasteiger partial charge is 0.250 e. The van der Waals surface area contributed by atoms with E-state index in [2.05, 4.69) is 5.32 Å². The topological polar surface area (TPSA) is 38.3 Å². The van der Waals surface area contributed by atoms with Crippen LogP contribution in [-0.4, -0.2) is 18.6 Å². The highest BCUT2D eigenvalue weighted by atomic mass is 19.1. The van der Waals surface area contributed by atoms with Crippen LogP contribution in [0, 0.1) is 18.6 Å². The van der Waals surface area contributed by atoms with Crippen molar-refractivity contribution in [2.45, 2.75) is 26.9 Å². The van der Waals surface area contributed by atoms with Gasteiger partial charge in [-0.3, -0.25) is 4.79 Å². The van der Waals surface area contributed by atoms with E-state index in [0.717, 1.165) is 12.1 Å². The molecule has 0 spiro atoms. The fourth-order valence-electron chi connectivity index (χ4n) is 1.17. The van der Waals surface area contributed by atoms with E-state index < -0.39 is 17.5 Å². The van der Waals surface area contributed by atoms with Crippen molar-refractivity contribution in [3.8, 4) is 0 Å². The van der Waals surface area contributed by atoms with Gasteiger partial charge in [0, 0.05) is 6.07 Å². The Hall–Kier alpha value is -1.49. The van der Waals surface area contributed by atoms with Gasteiger partial charge in [0.1, 0.15) is 18.2 Å². The summed E-state index contributed by atoms with van der Waals surface area (Å²) in [4.78, 5) is 11.3. The highest BCUT2D eigenvalue weighted by molar-refractivity contribution is 5.91. The van der Waals surface area contributed by atoms with Gasteiger partial charge in [-0.05, 0) is 32.4 Å². The molecule has 0 atom stereocenters. The summed E-state index contributed by atoms with van der Waals surface area (Å²) in [6.45, 7) is 4.82. The van der Waals surface area contributed by atoms with Crippen LogP contribution in [0.2, 0.25) is 0 Å². The molecule has 0 aromatic heterocycles. The molecule has 0 fully saturated rings. The largest absolute Gasteiger partial charge is 0.369 e. The number of hydrogen-bond donors (Lipinski definition) is 1. The predicted octanol–water partition coefficient (Wildman–Crippen LogP) is 2.64. The van der Waals surface area contributed by atoms with E-state index in [-0.39, 0.29) is 24.0 Å². The maximum absolute atomic E-state index is 13.4. The van der Waals surface area contributed by atoms with Gasteiger partial charge in [-0.25, -0.2) is 8.78 Å². The fraction of sp³-hybridized carbons (Fsp3) is 0.417. The van der Waals surface area contributed by atoms with Gasteiger partial charge < -0.3 is 10.1 Å². The second-order valence-corrected chi connectivity index (χ2v) is 3.99. The van der Waals surface area contributed by atoms with Gasteiger partial charge in [0.15, 0.2) is 0 Å². The summed E-state index contributed by atoms with van der Waals surface area (Å²) in [5.74, 6) is -1.74. The van der Waals surface area contributed by atoms with Gasteiger partial charge in [0.2, 0.25) is 5.91 Å². The first-order valence-electron chi connectivity index (χ1n) is 5.27. The number of halogens is 2. The second kappa shape index (κ2) is 5.72. The second-order valence-electron chi connectivity index (χ2n) is 3.99. The van der Waals surface area contributed by atoms with E-state index in [1.807, 2.05) is 0 Å². The standard InChI is InChI=1S/C12H15F2NO2/c1-7(2)17-6-12(16)15-11-5-9(13)8(3)4-10(11)14/h4-5,7H,6H2,1-3H3,(H,15,16). The zero-order chi connectivity index (χ0) is 13.0. The summed E-state index contributed by atoms with van der Waals surface area (Å²) in [5.41, 5.74) is 0.0179. The van der Waals surface area contributed by atoms with Gasteiger partial charge in [0.25, 0.3) is 0 Å². The first-order chi connectivity index (χ1) is 7.90. The summed E-state index contributed by atoms with van der Waals surface area (Å²) < 4.78 is 31.6. The lowest BCUT2D eigenvalue weighted by Gasteiger charge is -2.09. The highest BCUT2D eigenvalue weighted by Gasteiger charge is 2.10. The quantitative estimate of drug-likeness (QED) is 0.882. The summed E-state index contributed by atoms with van der Waals surface area (Å²) >= 11 is 0. The van der Waals surface area contributed by atoms with E-state index in [0.29, 0.717) is 0 Å². The zero-order valence-corrected chi connectivity index (χ0v) is 10.0. The molecule has 17 heavy (non-hydrogen) atoms. The Morgan fingerprint density at radius 1 is 1.35 bits per heavy atom. The Morgan fingerprint density at radius 3 is 2.59 bits per heavy atom. The summed E-state index contributed by atoms with van der Waals surface area (Å²) in [6.07, 6.45) is -0.0969. The van der Waals surface area contributed by atoms with Gasteiger partial charge >= 0.3 is 0 Å². The van der Waals surface area contributed by atoms with Crippen LogP contribution in [0.4, 0.5) is 14.5 Å². The molecule has 3 nitrogen and oxygen atoms in total. The minimum Gasteiger partial charge on any atom is -0.369 e. The third-order valence-electron chi connectivity index (χ3n) is 2.07. The Morgan fingerprint density at radius 2 is 2.00 bits per heavy atom. The van der Waals surface area contributed by atoms with E-state index >= 15 is 0 Å². The minimum atomic E-state index is -0.665. The van der Waals surface area contributed by atoms with Gasteiger partial charge in [-0.2, -0.15) is 0 Å². The molecule has 0 saturated heterocycles. The molecule has 94 valence electrons. The number of ether oxygens (including phenoxy) is 1. The van der Waals surface area contributed by atoms with Crippen molar-refractivity contribution >= 4 is 11.6 Å². The molecular formula is C12H15F2NO2. The van der Waals surface area contributed by atoms with Crippen LogP contribution >= 0.6 is 0 Å². The number of nitrogens with one attached hydrogen (secondary N) is 1. The van der Waals surface area contributed by atoms with Gasteiger partial charge in [-0.15, -0.1) is 0 Å². The number of anilines is 1. The molecule has 1 amide bonds. The van der Waals surface area contributed by atoms with Crippen LogP contribution in [0.1, 0.15) is 19.4 Å². The van der Waals surface area contributed by atoms with Crippen LogP contribution < -0.4 is 5.32 Å². The number of benzene rings is 1. The number of carbonyl (C=O) groups is 1. The van der Waals surface area contributed by atoms with Crippen LogP contribution in [0.15, 0.2) is 12.1 Å². The first kappa shape index (κ1) is 13.6. The number of hydrogen-bond acceptors (Lipinski definition) is 2. The summed E-state index contributed by atoms with van der Waals surface area (Å²) in [6, 6.07) is 1.99.